The number of carbonyl (C=O) groups excluding carboxylic acids is 2. The van der Waals surface area contributed by atoms with Crippen LogP contribution < -0.4 is 15.5 Å². The van der Waals surface area contributed by atoms with E-state index in [9.17, 15) is 9.59 Å². The number of benzene rings is 2. The molecular formula is C21H27N3O2. The largest absolute Gasteiger partial charge is 0.365 e. The number of hydrogen-bond acceptors (Lipinski definition) is 3. The molecular weight excluding hydrogens is 326 g/mol. The minimum absolute atomic E-state index is 0.0975. The van der Waals surface area contributed by atoms with Crippen LogP contribution in [0.1, 0.15) is 33.3 Å². The summed E-state index contributed by atoms with van der Waals surface area (Å²) in [5.74, 6) is -0.222. The number of likely N-dealkylation sites (N-methyl/N-ethyl adjacent to an activating group) is 1. The van der Waals surface area contributed by atoms with Gasteiger partial charge >= 0.3 is 0 Å². The lowest BCUT2D eigenvalue weighted by molar-refractivity contribution is -0.115. The average Bonchev–Trinajstić information content (AvgIpc) is 2.55. The highest BCUT2D eigenvalue weighted by molar-refractivity contribution is 5.94. The quantitative estimate of drug-likeness (QED) is 0.853. The fraction of sp³-hybridized carbons (Fsp3) is 0.333. The molecule has 0 bridgehead atoms. The minimum Gasteiger partial charge on any atom is -0.365 e. The van der Waals surface area contributed by atoms with Gasteiger partial charge in [0.1, 0.15) is 0 Å². The standard InChI is InChI=1S/C21H27N3O2/c1-15(25)22-17-8-10-18(11-9-17)23-20(26)14-24(5)19-12-6-16(7-13-19)21(2,3)4/h6-13H,14H2,1-5H3,(H,22,25)(H,23,26). The molecule has 0 atom stereocenters. The molecule has 5 heteroatoms. The molecule has 0 radical (unpaired) electrons. The first-order chi connectivity index (χ1) is 12.1. The van der Waals surface area contributed by atoms with Crippen LogP contribution in [-0.2, 0) is 15.0 Å². The molecule has 0 heterocycles. The Bertz CT molecular complexity index is 759. The molecule has 0 aliphatic rings. The highest BCUT2D eigenvalue weighted by Crippen LogP contribution is 2.24. The van der Waals surface area contributed by atoms with Crippen LogP contribution in [0, 0.1) is 0 Å². The van der Waals surface area contributed by atoms with Crippen LogP contribution >= 0.6 is 0 Å². The van der Waals surface area contributed by atoms with Crippen LogP contribution in [0.2, 0.25) is 0 Å². The summed E-state index contributed by atoms with van der Waals surface area (Å²) < 4.78 is 0. The molecule has 0 aliphatic heterocycles. The van der Waals surface area contributed by atoms with E-state index in [2.05, 4.69) is 43.5 Å². The Kier molecular flexibility index (Phi) is 6.03. The molecule has 2 N–H and O–H groups in total. The van der Waals surface area contributed by atoms with E-state index in [1.165, 1.54) is 12.5 Å². The lowest BCUT2D eigenvalue weighted by atomic mass is 9.87. The molecule has 2 rings (SSSR count). The number of hydrogen-bond donors (Lipinski definition) is 2. The Morgan fingerprint density at radius 1 is 0.885 bits per heavy atom. The number of carbonyl (C=O) groups is 2. The van der Waals surface area contributed by atoms with Gasteiger partial charge in [0, 0.05) is 31.0 Å². The Labute approximate surface area is 155 Å². The first-order valence-corrected chi connectivity index (χ1v) is 8.64. The van der Waals surface area contributed by atoms with E-state index in [-0.39, 0.29) is 23.8 Å². The van der Waals surface area contributed by atoms with E-state index in [0.717, 1.165) is 5.69 Å². The molecule has 138 valence electrons. The van der Waals surface area contributed by atoms with Crippen LogP contribution in [0.4, 0.5) is 17.1 Å². The summed E-state index contributed by atoms with van der Waals surface area (Å²) in [6, 6.07) is 15.3. The fourth-order valence-electron chi connectivity index (χ4n) is 2.56. The first kappa shape index (κ1) is 19.5. The summed E-state index contributed by atoms with van der Waals surface area (Å²) in [4.78, 5) is 25.2. The number of nitrogens with one attached hydrogen (secondary N) is 2. The van der Waals surface area contributed by atoms with Crippen molar-refractivity contribution in [1.29, 1.82) is 0 Å². The second kappa shape index (κ2) is 8.04. The van der Waals surface area contributed by atoms with Gasteiger partial charge in [0.15, 0.2) is 0 Å². The van der Waals surface area contributed by atoms with Crippen molar-refractivity contribution in [2.75, 3.05) is 29.1 Å². The third-order valence-electron chi connectivity index (χ3n) is 4.04. The van der Waals surface area contributed by atoms with E-state index in [1.807, 2.05) is 24.1 Å². The molecule has 0 aromatic heterocycles. The molecule has 0 spiro atoms. The summed E-state index contributed by atoms with van der Waals surface area (Å²) in [6.07, 6.45) is 0. The summed E-state index contributed by atoms with van der Waals surface area (Å²) in [6.45, 7) is 8.24. The molecule has 0 saturated carbocycles. The Balaban J connectivity index is 1.93. The first-order valence-electron chi connectivity index (χ1n) is 8.64. The summed E-state index contributed by atoms with van der Waals surface area (Å²) >= 11 is 0. The van der Waals surface area contributed by atoms with Gasteiger partial charge in [-0.1, -0.05) is 32.9 Å². The maximum atomic E-state index is 12.3. The van der Waals surface area contributed by atoms with Gasteiger partial charge in [-0.05, 0) is 47.4 Å². The lowest BCUT2D eigenvalue weighted by Crippen LogP contribution is -2.30. The summed E-state index contributed by atoms with van der Waals surface area (Å²) in [7, 11) is 1.89. The maximum Gasteiger partial charge on any atom is 0.243 e. The molecule has 0 fully saturated rings. The average molecular weight is 353 g/mol. The highest BCUT2D eigenvalue weighted by Gasteiger charge is 2.14. The summed E-state index contributed by atoms with van der Waals surface area (Å²) in [5.41, 5.74) is 3.76. The normalized spacial score (nSPS) is 11.0. The van der Waals surface area contributed by atoms with Crippen molar-refractivity contribution in [2.45, 2.75) is 33.1 Å². The van der Waals surface area contributed by atoms with Gasteiger partial charge in [0.05, 0.1) is 6.54 Å². The molecule has 26 heavy (non-hydrogen) atoms. The number of nitrogens with zero attached hydrogens (tertiary/aromatic N) is 1. The second-order valence-corrected chi connectivity index (χ2v) is 7.46. The number of rotatable bonds is 5. The minimum atomic E-state index is -0.124. The predicted molar refractivity (Wildman–Crippen MR) is 108 cm³/mol. The van der Waals surface area contributed by atoms with Gasteiger partial charge in [0.25, 0.3) is 0 Å². The Morgan fingerprint density at radius 2 is 1.38 bits per heavy atom. The number of amides is 2. The predicted octanol–water partition coefficient (Wildman–Crippen LogP) is 4.02. The third kappa shape index (κ3) is 5.62. The molecule has 2 aromatic rings. The fourth-order valence-corrected chi connectivity index (χ4v) is 2.56. The maximum absolute atomic E-state index is 12.3. The monoisotopic (exact) mass is 353 g/mol. The van der Waals surface area contributed by atoms with Crippen molar-refractivity contribution in [2.24, 2.45) is 0 Å². The van der Waals surface area contributed by atoms with Gasteiger partial charge in [-0.15, -0.1) is 0 Å². The second-order valence-electron chi connectivity index (χ2n) is 7.46. The van der Waals surface area contributed by atoms with Crippen LogP contribution in [0.25, 0.3) is 0 Å². The van der Waals surface area contributed by atoms with E-state index < -0.39 is 0 Å². The van der Waals surface area contributed by atoms with Gasteiger partial charge in [0.2, 0.25) is 11.8 Å². The van der Waals surface area contributed by atoms with Gasteiger partial charge in [-0.3, -0.25) is 9.59 Å². The molecule has 2 amide bonds. The molecule has 0 unspecified atom stereocenters. The Hall–Kier alpha value is -2.82. The van der Waals surface area contributed by atoms with Gasteiger partial charge < -0.3 is 15.5 Å². The van der Waals surface area contributed by atoms with E-state index in [1.54, 1.807) is 24.3 Å². The van der Waals surface area contributed by atoms with Crippen LogP contribution in [0.5, 0.6) is 0 Å². The molecule has 5 nitrogen and oxygen atoms in total. The van der Waals surface area contributed by atoms with E-state index >= 15 is 0 Å². The zero-order valence-electron chi connectivity index (χ0n) is 16.1. The number of anilines is 3. The highest BCUT2D eigenvalue weighted by atomic mass is 16.2. The van der Waals surface area contributed by atoms with Crippen molar-refractivity contribution >= 4 is 28.9 Å². The Morgan fingerprint density at radius 3 is 1.85 bits per heavy atom. The zero-order valence-corrected chi connectivity index (χ0v) is 16.1. The molecule has 0 saturated heterocycles. The zero-order chi connectivity index (χ0) is 19.3. The summed E-state index contributed by atoms with van der Waals surface area (Å²) in [5, 5.41) is 5.56. The van der Waals surface area contributed by atoms with Crippen LogP contribution in [0.15, 0.2) is 48.5 Å². The SMILES string of the molecule is CC(=O)Nc1ccc(NC(=O)CN(C)c2ccc(C(C)(C)C)cc2)cc1. The smallest absolute Gasteiger partial charge is 0.243 e. The van der Waals surface area contributed by atoms with Gasteiger partial charge in [-0.25, -0.2) is 0 Å². The van der Waals surface area contributed by atoms with Gasteiger partial charge in [-0.2, -0.15) is 0 Å². The van der Waals surface area contributed by atoms with Crippen molar-refractivity contribution < 1.29 is 9.59 Å². The van der Waals surface area contributed by atoms with Crippen molar-refractivity contribution in [3.8, 4) is 0 Å². The lowest BCUT2D eigenvalue weighted by Gasteiger charge is -2.22. The molecule has 0 aliphatic carbocycles. The third-order valence-corrected chi connectivity index (χ3v) is 4.04. The van der Waals surface area contributed by atoms with Crippen LogP contribution in [-0.4, -0.2) is 25.4 Å². The van der Waals surface area contributed by atoms with Crippen LogP contribution in [0.3, 0.4) is 0 Å². The van der Waals surface area contributed by atoms with Crippen molar-refractivity contribution in [3.63, 3.8) is 0 Å². The van der Waals surface area contributed by atoms with Crippen molar-refractivity contribution in [1.82, 2.24) is 0 Å². The van der Waals surface area contributed by atoms with E-state index in [0.29, 0.717) is 11.4 Å². The topological polar surface area (TPSA) is 61.4 Å². The molecule has 2 aromatic carbocycles. The van der Waals surface area contributed by atoms with Crippen molar-refractivity contribution in [3.05, 3.63) is 54.1 Å². The van der Waals surface area contributed by atoms with E-state index in [4.69, 9.17) is 0 Å².